The van der Waals surface area contributed by atoms with Gasteiger partial charge < -0.3 is 4.74 Å². The highest BCUT2D eigenvalue weighted by atomic mass is 16.5. The molecule has 18 heavy (non-hydrogen) atoms. The highest BCUT2D eigenvalue weighted by Gasteiger charge is 2.13. The number of rotatable bonds is 3. The van der Waals surface area contributed by atoms with Crippen molar-refractivity contribution >= 4 is 5.97 Å². The third kappa shape index (κ3) is 2.74. The highest BCUT2D eigenvalue weighted by Crippen LogP contribution is 2.14. The summed E-state index contributed by atoms with van der Waals surface area (Å²) in [6.07, 6.45) is 3.35. The van der Waals surface area contributed by atoms with Gasteiger partial charge in [0.2, 0.25) is 0 Å². The number of hydrogen-bond donors (Lipinski definition) is 0. The summed E-state index contributed by atoms with van der Waals surface area (Å²) in [4.78, 5) is 16.0. The summed E-state index contributed by atoms with van der Waals surface area (Å²) >= 11 is 0. The zero-order chi connectivity index (χ0) is 13.0. The Labute approximate surface area is 106 Å². The molecule has 3 heteroatoms. The molecule has 1 heterocycles. The first kappa shape index (κ1) is 12.3. The van der Waals surface area contributed by atoms with Gasteiger partial charge in [-0.15, -0.1) is 0 Å². The van der Waals surface area contributed by atoms with Crippen molar-refractivity contribution in [3.63, 3.8) is 0 Å². The molecule has 0 aliphatic carbocycles. The van der Waals surface area contributed by atoms with Crippen LogP contribution < -0.4 is 0 Å². The van der Waals surface area contributed by atoms with Crippen LogP contribution in [0.1, 0.15) is 27.0 Å². The van der Waals surface area contributed by atoms with Crippen LogP contribution in [0.25, 0.3) is 0 Å². The fraction of sp³-hybridized carbons (Fsp3) is 0.200. The topological polar surface area (TPSA) is 39.2 Å². The zero-order valence-electron chi connectivity index (χ0n) is 10.5. The van der Waals surface area contributed by atoms with E-state index in [1.54, 1.807) is 12.4 Å². The van der Waals surface area contributed by atoms with Gasteiger partial charge in [0.15, 0.2) is 0 Å². The van der Waals surface area contributed by atoms with Crippen LogP contribution in [0.3, 0.4) is 0 Å². The van der Waals surface area contributed by atoms with E-state index >= 15 is 0 Å². The molecule has 0 N–H and O–H groups in total. The molecule has 2 rings (SSSR count). The monoisotopic (exact) mass is 241 g/mol. The molecule has 0 saturated heterocycles. The van der Waals surface area contributed by atoms with Crippen LogP contribution in [0.15, 0.2) is 42.7 Å². The van der Waals surface area contributed by atoms with Crippen molar-refractivity contribution in [1.82, 2.24) is 4.98 Å². The standard InChI is InChI=1S/C15H15NO2/c1-11-8-16-9-12(2)14(11)15(17)18-10-13-6-4-3-5-7-13/h3-9H,10H2,1-2H3. The van der Waals surface area contributed by atoms with Crippen molar-refractivity contribution in [2.75, 3.05) is 0 Å². The minimum absolute atomic E-state index is 0.293. The number of aromatic nitrogens is 1. The van der Waals surface area contributed by atoms with Crippen molar-refractivity contribution in [1.29, 1.82) is 0 Å². The van der Waals surface area contributed by atoms with Gasteiger partial charge in [0.05, 0.1) is 5.56 Å². The fourth-order valence-corrected chi connectivity index (χ4v) is 1.82. The number of benzene rings is 1. The first-order valence-electron chi connectivity index (χ1n) is 5.80. The predicted molar refractivity (Wildman–Crippen MR) is 69.3 cm³/mol. The Hall–Kier alpha value is -2.16. The van der Waals surface area contributed by atoms with E-state index in [1.165, 1.54) is 0 Å². The molecule has 0 aliphatic heterocycles. The predicted octanol–water partition coefficient (Wildman–Crippen LogP) is 3.06. The third-order valence-corrected chi connectivity index (χ3v) is 2.74. The van der Waals surface area contributed by atoms with Crippen molar-refractivity contribution < 1.29 is 9.53 Å². The number of nitrogens with zero attached hydrogens (tertiary/aromatic N) is 1. The van der Waals surface area contributed by atoms with Crippen LogP contribution in [-0.4, -0.2) is 11.0 Å². The van der Waals surface area contributed by atoms with E-state index in [-0.39, 0.29) is 5.97 Å². The summed E-state index contributed by atoms with van der Waals surface area (Å²) in [5.41, 5.74) is 3.28. The Morgan fingerprint density at radius 1 is 1.11 bits per heavy atom. The second-order valence-corrected chi connectivity index (χ2v) is 4.21. The maximum Gasteiger partial charge on any atom is 0.339 e. The van der Waals surface area contributed by atoms with E-state index in [9.17, 15) is 4.79 Å². The molecule has 0 aliphatic rings. The molecule has 0 spiro atoms. The van der Waals surface area contributed by atoms with E-state index in [0.717, 1.165) is 16.7 Å². The van der Waals surface area contributed by atoms with Crippen LogP contribution in [0.4, 0.5) is 0 Å². The van der Waals surface area contributed by atoms with Crippen LogP contribution in [-0.2, 0) is 11.3 Å². The molecule has 0 fully saturated rings. The molecule has 0 atom stereocenters. The van der Waals surface area contributed by atoms with Gasteiger partial charge in [-0.1, -0.05) is 30.3 Å². The number of esters is 1. The molecule has 0 bridgehead atoms. The summed E-state index contributed by atoms with van der Waals surface area (Å²) in [5, 5.41) is 0. The molecule has 2 aromatic rings. The molecule has 3 nitrogen and oxygen atoms in total. The largest absolute Gasteiger partial charge is 0.457 e. The van der Waals surface area contributed by atoms with Crippen LogP contribution >= 0.6 is 0 Å². The lowest BCUT2D eigenvalue weighted by molar-refractivity contribution is 0.0471. The average Bonchev–Trinajstić information content (AvgIpc) is 2.37. The average molecular weight is 241 g/mol. The number of carbonyl (C=O) groups is 1. The van der Waals surface area contributed by atoms with E-state index in [0.29, 0.717) is 12.2 Å². The van der Waals surface area contributed by atoms with Crippen molar-refractivity contribution in [2.24, 2.45) is 0 Å². The number of ether oxygens (including phenoxy) is 1. The van der Waals surface area contributed by atoms with Gasteiger partial charge in [0.25, 0.3) is 0 Å². The number of carbonyl (C=O) groups excluding carboxylic acids is 1. The van der Waals surface area contributed by atoms with E-state index in [1.807, 2.05) is 44.2 Å². The summed E-state index contributed by atoms with van der Waals surface area (Å²) in [5.74, 6) is -0.295. The Bertz CT molecular complexity index is 529. The lowest BCUT2D eigenvalue weighted by Crippen LogP contribution is -2.09. The highest BCUT2D eigenvalue weighted by molar-refractivity contribution is 5.92. The van der Waals surface area contributed by atoms with E-state index < -0.39 is 0 Å². The van der Waals surface area contributed by atoms with Gasteiger partial charge in [-0.3, -0.25) is 4.98 Å². The molecule has 0 radical (unpaired) electrons. The molecule has 92 valence electrons. The number of hydrogen-bond acceptors (Lipinski definition) is 3. The van der Waals surface area contributed by atoms with Gasteiger partial charge in [-0.2, -0.15) is 0 Å². The van der Waals surface area contributed by atoms with Crippen molar-refractivity contribution in [3.8, 4) is 0 Å². The lowest BCUT2D eigenvalue weighted by atomic mass is 10.1. The van der Waals surface area contributed by atoms with Crippen LogP contribution in [0, 0.1) is 13.8 Å². The quantitative estimate of drug-likeness (QED) is 0.775. The van der Waals surface area contributed by atoms with Gasteiger partial charge in [-0.05, 0) is 30.5 Å². The van der Waals surface area contributed by atoms with Gasteiger partial charge in [-0.25, -0.2) is 4.79 Å². The van der Waals surface area contributed by atoms with Gasteiger partial charge >= 0.3 is 5.97 Å². The smallest absolute Gasteiger partial charge is 0.339 e. The summed E-state index contributed by atoms with van der Waals surface area (Å²) in [6, 6.07) is 9.64. The molecule has 0 saturated carbocycles. The SMILES string of the molecule is Cc1cncc(C)c1C(=O)OCc1ccccc1. The van der Waals surface area contributed by atoms with Crippen molar-refractivity contribution in [2.45, 2.75) is 20.5 Å². The second kappa shape index (κ2) is 5.45. The molecular formula is C15H15NO2. The van der Waals surface area contributed by atoms with Gasteiger partial charge in [0.1, 0.15) is 6.61 Å². The second-order valence-electron chi connectivity index (χ2n) is 4.21. The summed E-state index contributed by atoms with van der Waals surface area (Å²) in [7, 11) is 0. The van der Waals surface area contributed by atoms with Gasteiger partial charge in [0, 0.05) is 12.4 Å². The fourth-order valence-electron chi connectivity index (χ4n) is 1.82. The third-order valence-electron chi connectivity index (χ3n) is 2.74. The lowest BCUT2D eigenvalue weighted by Gasteiger charge is -2.09. The number of pyridine rings is 1. The molecule has 1 aromatic carbocycles. The first-order chi connectivity index (χ1) is 8.68. The minimum atomic E-state index is -0.295. The van der Waals surface area contributed by atoms with E-state index in [2.05, 4.69) is 4.98 Å². The molecule has 1 aromatic heterocycles. The Morgan fingerprint density at radius 3 is 2.33 bits per heavy atom. The molecule has 0 unspecified atom stereocenters. The zero-order valence-corrected chi connectivity index (χ0v) is 10.5. The van der Waals surface area contributed by atoms with Crippen LogP contribution in [0.2, 0.25) is 0 Å². The van der Waals surface area contributed by atoms with Crippen LogP contribution in [0.5, 0.6) is 0 Å². The van der Waals surface area contributed by atoms with E-state index in [4.69, 9.17) is 4.74 Å². The Balaban J connectivity index is 2.09. The minimum Gasteiger partial charge on any atom is -0.457 e. The molecule has 0 amide bonds. The summed E-state index contributed by atoms with van der Waals surface area (Å²) in [6.45, 7) is 4.01. The summed E-state index contributed by atoms with van der Waals surface area (Å²) < 4.78 is 5.31. The number of aryl methyl sites for hydroxylation is 2. The maximum absolute atomic E-state index is 12.0. The normalized spacial score (nSPS) is 10.1. The Kier molecular flexibility index (Phi) is 3.72. The Morgan fingerprint density at radius 2 is 1.72 bits per heavy atom. The first-order valence-corrected chi connectivity index (χ1v) is 5.80. The molecular weight excluding hydrogens is 226 g/mol. The maximum atomic E-state index is 12.0. The van der Waals surface area contributed by atoms with Crippen molar-refractivity contribution in [3.05, 3.63) is 65.0 Å².